The zero-order valence-corrected chi connectivity index (χ0v) is 11.3. The van der Waals surface area contributed by atoms with Crippen molar-refractivity contribution in [2.24, 2.45) is 11.0 Å². The number of H-pyrrole nitrogens is 1. The highest BCUT2D eigenvalue weighted by atomic mass is 15.4. The van der Waals surface area contributed by atoms with E-state index in [-0.39, 0.29) is 0 Å². The Bertz CT molecular complexity index is 693. The van der Waals surface area contributed by atoms with Crippen molar-refractivity contribution < 1.29 is 0 Å². The summed E-state index contributed by atoms with van der Waals surface area (Å²) in [5.41, 5.74) is 7.40. The van der Waals surface area contributed by atoms with E-state index >= 15 is 0 Å². The van der Waals surface area contributed by atoms with Crippen molar-refractivity contribution in [3.05, 3.63) is 36.0 Å². The summed E-state index contributed by atoms with van der Waals surface area (Å²) in [7, 11) is 0. The molecule has 3 saturated heterocycles. The summed E-state index contributed by atoms with van der Waals surface area (Å²) in [6.07, 6.45) is 4.74. The van der Waals surface area contributed by atoms with Gasteiger partial charge in [0.1, 0.15) is 0 Å². The van der Waals surface area contributed by atoms with Crippen LogP contribution in [0.5, 0.6) is 0 Å². The van der Waals surface area contributed by atoms with Gasteiger partial charge >= 0.3 is 0 Å². The largest absolute Gasteiger partial charge is 0.361 e. The maximum atomic E-state index is 4.70. The summed E-state index contributed by atoms with van der Waals surface area (Å²) in [4.78, 5) is 6.01. The average Bonchev–Trinajstić information content (AvgIpc) is 3.13. The van der Waals surface area contributed by atoms with Crippen LogP contribution in [0.1, 0.15) is 24.4 Å². The Kier molecular flexibility index (Phi) is 2.10. The Hall–Kier alpha value is -1.81. The van der Waals surface area contributed by atoms with Gasteiger partial charge in [-0.1, -0.05) is 18.2 Å². The van der Waals surface area contributed by atoms with Gasteiger partial charge in [0.25, 0.3) is 0 Å². The first-order chi connectivity index (χ1) is 9.92. The number of nitrogens with one attached hydrogen (secondary N) is 2. The summed E-state index contributed by atoms with van der Waals surface area (Å²) >= 11 is 0. The van der Waals surface area contributed by atoms with Gasteiger partial charge in [-0.05, 0) is 32.0 Å². The minimum absolute atomic E-state index is 0.309. The molecule has 2 aromatic rings. The number of nitrogens with zero attached hydrogens (tertiary/aromatic N) is 2. The highest BCUT2D eigenvalue weighted by Crippen LogP contribution is 2.40. The van der Waals surface area contributed by atoms with Gasteiger partial charge in [0, 0.05) is 28.6 Å². The highest BCUT2D eigenvalue weighted by Gasteiger charge is 2.47. The molecule has 4 aliphatic heterocycles. The normalized spacial score (nSPS) is 34.9. The van der Waals surface area contributed by atoms with E-state index in [4.69, 9.17) is 5.10 Å². The van der Waals surface area contributed by atoms with Crippen molar-refractivity contribution >= 4 is 16.6 Å². The molecule has 0 amide bonds. The predicted octanol–water partition coefficient (Wildman–Crippen LogP) is 2.26. The SMILES string of the molecule is c1ccc2c(C3NN=C4C5CCN(CC5)C43)c[nH]c2c1. The van der Waals surface area contributed by atoms with E-state index in [1.807, 2.05) is 0 Å². The van der Waals surface area contributed by atoms with Gasteiger partial charge in [0.15, 0.2) is 0 Å². The molecule has 2 N–H and O–H groups in total. The van der Waals surface area contributed by atoms with Crippen LogP contribution in [-0.2, 0) is 0 Å². The van der Waals surface area contributed by atoms with Crippen molar-refractivity contribution in [1.29, 1.82) is 0 Å². The standard InChI is InChI=1S/C16H18N4/c1-2-4-13-11(3-1)12(9-17-13)15-16-14(18-19-15)10-5-7-20(16)8-6-10/h1-4,9-10,15-17,19H,5-8H2. The van der Waals surface area contributed by atoms with Gasteiger partial charge in [-0.25, -0.2) is 0 Å². The molecule has 1 aromatic carbocycles. The lowest BCUT2D eigenvalue weighted by Crippen LogP contribution is -2.56. The Morgan fingerprint density at radius 3 is 2.90 bits per heavy atom. The molecule has 4 nitrogen and oxygen atoms in total. The van der Waals surface area contributed by atoms with E-state index in [1.165, 1.54) is 48.1 Å². The van der Waals surface area contributed by atoms with E-state index in [0.717, 1.165) is 0 Å². The van der Waals surface area contributed by atoms with Crippen LogP contribution in [0.25, 0.3) is 10.9 Å². The number of rotatable bonds is 1. The molecule has 102 valence electrons. The van der Waals surface area contributed by atoms with Crippen LogP contribution < -0.4 is 5.43 Å². The number of hydrogen-bond donors (Lipinski definition) is 2. The summed E-state index contributed by atoms with van der Waals surface area (Å²) in [6.45, 7) is 2.46. The van der Waals surface area contributed by atoms with Crippen molar-refractivity contribution in [3.63, 3.8) is 0 Å². The van der Waals surface area contributed by atoms with E-state index < -0.39 is 0 Å². The topological polar surface area (TPSA) is 43.4 Å². The quantitative estimate of drug-likeness (QED) is 0.831. The number of benzene rings is 1. The van der Waals surface area contributed by atoms with E-state index in [0.29, 0.717) is 18.0 Å². The maximum absolute atomic E-state index is 4.70. The molecule has 20 heavy (non-hydrogen) atoms. The molecule has 4 heteroatoms. The molecule has 2 unspecified atom stereocenters. The molecule has 2 atom stereocenters. The van der Waals surface area contributed by atoms with Crippen molar-refractivity contribution in [3.8, 4) is 0 Å². The van der Waals surface area contributed by atoms with Gasteiger partial charge in [-0.3, -0.25) is 4.90 Å². The summed E-state index contributed by atoms with van der Waals surface area (Å²) in [6, 6.07) is 9.33. The Morgan fingerprint density at radius 2 is 2.00 bits per heavy atom. The Morgan fingerprint density at radius 1 is 1.15 bits per heavy atom. The van der Waals surface area contributed by atoms with Crippen molar-refractivity contribution in [1.82, 2.24) is 15.3 Å². The van der Waals surface area contributed by atoms with Crippen LogP contribution in [0.4, 0.5) is 0 Å². The third-order valence-electron chi connectivity index (χ3n) is 5.25. The van der Waals surface area contributed by atoms with Crippen LogP contribution in [-0.4, -0.2) is 34.7 Å². The van der Waals surface area contributed by atoms with Crippen molar-refractivity contribution in [2.45, 2.75) is 24.9 Å². The molecule has 3 fully saturated rings. The van der Waals surface area contributed by atoms with E-state index in [2.05, 4.69) is 45.8 Å². The predicted molar refractivity (Wildman–Crippen MR) is 79.7 cm³/mol. The maximum Gasteiger partial charge on any atom is 0.0919 e. The summed E-state index contributed by atoms with van der Waals surface area (Å²) in [5, 5.41) is 6.02. The molecule has 0 saturated carbocycles. The summed E-state index contributed by atoms with van der Waals surface area (Å²) in [5.74, 6) is 0.715. The van der Waals surface area contributed by atoms with Gasteiger partial charge in [0.2, 0.25) is 0 Å². The second-order valence-electron chi connectivity index (χ2n) is 6.19. The fourth-order valence-electron chi connectivity index (χ4n) is 4.25. The minimum Gasteiger partial charge on any atom is -0.361 e. The average molecular weight is 266 g/mol. The fraction of sp³-hybridized carbons (Fsp3) is 0.438. The number of piperidine rings is 3. The molecular formula is C16H18N4. The molecule has 6 rings (SSSR count). The second kappa shape index (κ2) is 3.85. The van der Waals surface area contributed by atoms with E-state index in [1.54, 1.807) is 0 Å². The smallest absolute Gasteiger partial charge is 0.0919 e. The highest BCUT2D eigenvalue weighted by molar-refractivity contribution is 5.96. The zero-order chi connectivity index (χ0) is 13.1. The number of aromatic amines is 1. The molecular weight excluding hydrogens is 248 g/mol. The van der Waals surface area contributed by atoms with Gasteiger partial charge in [-0.2, -0.15) is 5.10 Å². The molecule has 2 bridgehead atoms. The molecule has 4 aliphatic rings. The molecule has 1 aromatic heterocycles. The number of hydrazone groups is 1. The minimum atomic E-state index is 0.309. The molecule has 0 spiro atoms. The lowest BCUT2D eigenvalue weighted by atomic mass is 9.78. The van der Waals surface area contributed by atoms with Crippen LogP contribution in [0, 0.1) is 5.92 Å². The molecule has 0 aliphatic carbocycles. The molecule has 0 radical (unpaired) electrons. The van der Waals surface area contributed by atoms with Crippen LogP contribution in [0.2, 0.25) is 0 Å². The third kappa shape index (κ3) is 1.32. The second-order valence-corrected chi connectivity index (χ2v) is 6.19. The van der Waals surface area contributed by atoms with Crippen LogP contribution in [0.15, 0.2) is 35.6 Å². The van der Waals surface area contributed by atoms with Crippen LogP contribution >= 0.6 is 0 Å². The Balaban J connectivity index is 1.60. The Labute approximate surface area is 117 Å². The van der Waals surface area contributed by atoms with Gasteiger partial charge in [-0.15, -0.1) is 0 Å². The van der Waals surface area contributed by atoms with Gasteiger partial charge in [0.05, 0.1) is 17.8 Å². The molecule has 5 heterocycles. The first-order valence-corrected chi connectivity index (χ1v) is 7.55. The lowest BCUT2D eigenvalue weighted by molar-refractivity contribution is 0.134. The number of para-hydroxylation sites is 1. The summed E-state index contributed by atoms with van der Waals surface area (Å²) < 4.78 is 0. The first kappa shape index (κ1) is 10.9. The van der Waals surface area contributed by atoms with Crippen molar-refractivity contribution in [2.75, 3.05) is 13.1 Å². The lowest BCUT2D eigenvalue weighted by Gasteiger charge is -2.45. The number of hydrogen-bond acceptors (Lipinski definition) is 3. The van der Waals surface area contributed by atoms with Crippen LogP contribution in [0.3, 0.4) is 0 Å². The number of fused-ring (bicyclic) bond motifs is 3. The van der Waals surface area contributed by atoms with E-state index in [9.17, 15) is 0 Å². The monoisotopic (exact) mass is 266 g/mol. The zero-order valence-electron chi connectivity index (χ0n) is 11.3. The number of aromatic nitrogens is 1. The third-order valence-corrected chi connectivity index (χ3v) is 5.25. The fourth-order valence-corrected chi connectivity index (χ4v) is 4.25. The van der Waals surface area contributed by atoms with Gasteiger partial charge < -0.3 is 10.4 Å². The first-order valence-electron chi connectivity index (χ1n) is 7.55.